The minimum absolute atomic E-state index is 0.0679. The highest BCUT2D eigenvalue weighted by atomic mass is 79.9. The van der Waals surface area contributed by atoms with Crippen LogP contribution in [0.1, 0.15) is 5.56 Å². The number of halogens is 1. The van der Waals surface area contributed by atoms with E-state index < -0.39 is 0 Å². The summed E-state index contributed by atoms with van der Waals surface area (Å²) in [5.41, 5.74) is 2.85. The molecule has 0 aliphatic rings. The SMILES string of the molecule is C=C/C=C(\C(=C)Br)C(=O)N(C)CCc1c[nH]c2ccccc12. The number of nitrogens with one attached hydrogen (secondary N) is 1. The second-order valence-electron chi connectivity index (χ2n) is 5.06. The van der Waals surface area contributed by atoms with Gasteiger partial charge in [0.05, 0.1) is 5.57 Å². The molecule has 114 valence electrons. The van der Waals surface area contributed by atoms with E-state index >= 15 is 0 Å². The molecule has 1 aromatic heterocycles. The molecule has 1 N–H and O–H groups in total. The van der Waals surface area contributed by atoms with Gasteiger partial charge in [0.15, 0.2) is 0 Å². The van der Waals surface area contributed by atoms with E-state index in [1.807, 2.05) is 24.4 Å². The van der Waals surface area contributed by atoms with Gasteiger partial charge in [-0.05, 0) is 24.1 Å². The molecule has 0 fully saturated rings. The number of benzene rings is 1. The number of hydrogen-bond acceptors (Lipinski definition) is 1. The van der Waals surface area contributed by atoms with E-state index in [4.69, 9.17) is 0 Å². The number of carbonyl (C=O) groups is 1. The maximum atomic E-state index is 12.4. The number of allylic oxidation sites excluding steroid dienone is 2. The van der Waals surface area contributed by atoms with Gasteiger partial charge in [0.2, 0.25) is 0 Å². The first-order valence-electron chi connectivity index (χ1n) is 7.02. The summed E-state index contributed by atoms with van der Waals surface area (Å²) < 4.78 is 0.566. The molecule has 2 aromatic rings. The van der Waals surface area contributed by atoms with Crippen molar-refractivity contribution in [2.24, 2.45) is 0 Å². The fourth-order valence-corrected chi connectivity index (χ4v) is 2.63. The zero-order valence-corrected chi connectivity index (χ0v) is 14.2. The summed E-state index contributed by atoms with van der Waals surface area (Å²) in [5.74, 6) is -0.0679. The second-order valence-corrected chi connectivity index (χ2v) is 6.01. The zero-order chi connectivity index (χ0) is 16.1. The second kappa shape index (κ2) is 7.27. The van der Waals surface area contributed by atoms with Crippen LogP contribution in [0.4, 0.5) is 0 Å². The van der Waals surface area contributed by atoms with Gasteiger partial charge >= 0.3 is 0 Å². The maximum absolute atomic E-state index is 12.4. The average Bonchev–Trinajstić information content (AvgIpc) is 2.92. The first-order valence-corrected chi connectivity index (χ1v) is 7.82. The van der Waals surface area contributed by atoms with Gasteiger partial charge in [0.25, 0.3) is 5.91 Å². The van der Waals surface area contributed by atoms with Crippen LogP contribution in [0.3, 0.4) is 0 Å². The molecular weight excluding hydrogens is 340 g/mol. The minimum atomic E-state index is -0.0679. The van der Waals surface area contributed by atoms with Crippen molar-refractivity contribution in [3.05, 3.63) is 71.4 Å². The molecule has 0 atom stereocenters. The average molecular weight is 359 g/mol. The molecule has 0 spiro atoms. The van der Waals surface area contributed by atoms with E-state index in [0.717, 1.165) is 11.9 Å². The molecule has 3 nitrogen and oxygen atoms in total. The first kappa shape index (κ1) is 16.3. The Morgan fingerprint density at radius 3 is 2.82 bits per heavy atom. The smallest absolute Gasteiger partial charge is 0.254 e. The van der Waals surface area contributed by atoms with Crippen molar-refractivity contribution >= 4 is 32.7 Å². The number of fused-ring (bicyclic) bond motifs is 1. The number of amides is 1. The lowest BCUT2D eigenvalue weighted by Crippen LogP contribution is -2.30. The van der Waals surface area contributed by atoms with E-state index in [1.165, 1.54) is 10.9 Å². The van der Waals surface area contributed by atoms with Crippen LogP contribution >= 0.6 is 15.9 Å². The fourth-order valence-electron chi connectivity index (χ4n) is 2.33. The van der Waals surface area contributed by atoms with E-state index in [9.17, 15) is 4.79 Å². The highest BCUT2D eigenvalue weighted by Gasteiger charge is 2.16. The largest absolute Gasteiger partial charge is 0.361 e. The van der Waals surface area contributed by atoms with Crippen LogP contribution in [0.25, 0.3) is 10.9 Å². The van der Waals surface area contributed by atoms with Crippen molar-refractivity contribution in [2.75, 3.05) is 13.6 Å². The monoisotopic (exact) mass is 358 g/mol. The Kier molecular flexibility index (Phi) is 5.39. The highest BCUT2D eigenvalue weighted by Crippen LogP contribution is 2.20. The van der Waals surface area contributed by atoms with Crippen molar-refractivity contribution in [1.29, 1.82) is 0 Å². The van der Waals surface area contributed by atoms with E-state index in [-0.39, 0.29) is 5.91 Å². The van der Waals surface area contributed by atoms with Crippen molar-refractivity contribution in [1.82, 2.24) is 9.88 Å². The summed E-state index contributed by atoms with van der Waals surface area (Å²) in [6.45, 7) is 8.04. The molecule has 0 aliphatic heterocycles. The van der Waals surface area contributed by atoms with Gasteiger partial charge in [-0.25, -0.2) is 0 Å². The number of aromatic amines is 1. The van der Waals surface area contributed by atoms with Crippen LogP contribution < -0.4 is 0 Å². The van der Waals surface area contributed by atoms with Crippen LogP contribution in [0, 0.1) is 0 Å². The third kappa shape index (κ3) is 3.57. The van der Waals surface area contributed by atoms with E-state index in [1.54, 1.807) is 24.1 Å². The molecule has 2 rings (SSSR count). The Hall–Kier alpha value is -2.07. The quantitative estimate of drug-likeness (QED) is 0.609. The molecule has 22 heavy (non-hydrogen) atoms. The molecular formula is C18H19BrN2O. The van der Waals surface area contributed by atoms with Crippen LogP contribution in [-0.2, 0) is 11.2 Å². The Bertz CT molecular complexity index is 742. The zero-order valence-electron chi connectivity index (χ0n) is 12.6. The predicted molar refractivity (Wildman–Crippen MR) is 96.0 cm³/mol. The van der Waals surface area contributed by atoms with Crippen LogP contribution in [0.2, 0.25) is 0 Å². The number of nitrogens with zero attached hydrogens (tertiary/aromatic N) is 1. The molecule has 0 saturated carbocycles. The minimum Gasteiger partial charge on any atom is -0.361 e. The summed E-state index contributed by atoms with van der Waals surface area (Å²) in [6, 6.07) is 8.17. The lowest BCUT2D eigenvalue weighted by molar-refractivity contribution is -0.125. The van der Waals surface area contributed by atoms with Crippen molar-refractivity contribution in [2.45, 2.75) is 6.42 Å². The summed E-state index contributed by atoms with van der Waals surface area (Å²) >= 11 is 3.27. The van der Waals surface area contributed by atoms with Gasteiger partial charge in [0, 0.05) is 35.2 Å². The van der Waals surface area contributed by atoms with Crippen LogP contribution in [0.15, 0.2) is 65.8 Å². The fraction of sp³-hybridized carbons (Fsp3) is 0.167. The lowest BCUT2D eigenvalue weighted by atomic mass is 10.1. The Labute approximate surface area is 139 Å². The highest BCUT2D eigenvalue weighted by molar-refractivity contribution is 9.12. The van der Waals surface area contributed by atoms with Gasteiger partial charge < -0.3 is 9.88 Å². The van der Waals surface area contributed by atoms with Gasteiger partial charge in [-0.3, -0.25) is 4.79 Å². The van der Waals surface area contributed by atoms with Gasteiger partial charge in [-0.1, -0.05) is 53.4 Å². The molecule has 0 unspecified atom stereocenters. The van der Waals surface area contributed by atoms with E-state index in [0.29, 0.717) is 16.6 Å². The maximum Gasteiger partial charge on any atom is 0.254 e. The molecule has 0 aliphatic carbocycles. The standard InChI is InChI=1S/C18H19BrN2O/c1-4-7-15(13(2)19)18(22)21(3)11-10-14-12-20-17-9-6-5-8-16(14)17/h4-9,12,20H,1-2,10-11H2,3H3/b15-7+. The summed E-state index contributed by atoms with van der Waals surface area (Å²) in [7, 11) is 1.80. The first-order chi connectivity index (χ1) is 10.5. The van der Waals surface area contributed by atoms with Crippen molar-refractivity contribution in [3.8, 4) is 0 Å². The third-order valence-corrected chi connectivity index (χ3v) is 3.97. The van der Waals surface area contributed by atoms with E-state index in [2.05, 4.69) is 40.1 Å². The van der Waals surface area contributed by atoms with Crippen LogP contribution in [-0.4, -0.2) is 29.4 Å². The summed E-state index contributed by atoms with van der Waals surface area (Å²) in [6.07, 6.45) is 6.06. The van der Waals surface area contributed by atoms with Gasteiger partial charge in [-0.15, -0.1) is 0 Å². The summed E-state index contributed by atoms with van der Waals surface area (Å²) in [5, 5.41) is 1.20. The number of H-pyrrole nitrogens is 1. The molecule has 1 heterocycles. The number of aromatic nitrogens is 1. The normalized spacial score (nSPS) is 11.5. The summed E-state index contributed by atoms with van der Waals surface area (Å²) in [4.78, 5) is 17.4. The topological polar surface area (TPSA) is 36.1 Å². The Balaban J connectivity index is 2.07. The molecule has 0 bridgehead atoms. The molecule has 0 radical (unpaired) electrons. The van der Waals surface area contributed by atoms with Crippen molar-refractivity contribution < 1.29 is 4.79 Å². The number of likely N-dealkylation sites (N-methyl/N-ethyl adjacent to an activating group) is 1. The Morgan fingerprint density at radius 1 is 1.41 bits per heavy atom. The van der Waals surface area contributed by atoms with Crippen molar-refractivity contribution in [3.63, 3.8) is 0 Å². The molecule has 1 aromatic carbocycles. The number of rotatable bonds is 6. The molecule has 1 amide bonds. The third-order valence-electron chi connectivity index (χ3n) is 3.55. The molecule has 4 heteroatoms. The van der Waals surface area contributed by atoms with Crippen LogP contribution in [0.5, 0.6) is 0 Å². The molecule has 0 saturated heterocycles. The lowest BCUT2D eigenvalue weighted by Gasteiger charge is -2.18. The number of carbonyl (C=O) groups excluding carboxylic acids is 1. The Morgan fingerprint density at radius 2 is 2.14 bits per heavy atom. The predicted octanol–water partition coefficient (Wildman–Crippen LogP) is 4.19. The number of hydrogen-bond donors (Lipinski definition) is 1. The number of para-hydroxylation sites is 1. The van der Waals surface area contributed by atoms with Gasteiger partial charge in [-0.2, -0.15) is 0 Å². The van der Waals surface area contributed by atoms with Gasteiger partial charge in [0.1, 0.15) is 0 Å².